The molecule has 1 aromatic rings. The SMILES string of the molecule is CN=C(NC1CCN(Cc2ccccc2)CC1)NC1CCN(CC(F)(F)F)C1. The van der Waals surface area contributed by atoms with Crippen molar-refractivity contribution in [3.63, 3.8) is 0 Å². The first-order chi connectivity index (χ1) is 13.4. The van der Waals surface area contributed by atoms with Gasteiger partial charge in [-0.05, 0) is 24.8 Å². The summed E-state index contributed by atoms with van der Waals surface area (Å²) in [5.74, 6) is 0.695. The number of hydrogen-bond acceptors (Lipinski definition) is 3. The first-order valence-corrected chi connectivity index (χ1v) is 9.96. The number of likely N-dealkylation sites (tertiary alicyclic amines) is 2. The second kappa shape index (κ2) is 9.60. The van der Waals surface area contributed by atoms with Crippen molar-refractivity contribution in [1.29, 1.82) is 0 Å². The Labute approximate surface area is 165 Å². The minimum Gasteiger partial charge on any atom is -0.354 e. The maximum atomic E-state index is 12.5. The van der Waals surface area contributed by atoms with Crippen LogP contribution in [0.1, 0.15) is 24.8 Å². The fourth-order valence-corrected chi connectivity index (χ4v) is 3.98. The Morgan fingerprint density at radius 2 is 1.61 bits per heavy atom. The highest BCUT2D eigenvalue weighted by Crippen LogP contribution is 2.20. The lowest BCUT2D eigenvalue weighted by Gasteiger charge is -2.33. The normalized spacial score (nSPS) is 23.1. The molecule has 28 heavy (non-hydrogen) atoms. The van der Waals surface area contributed by atoms with Gasteiger partial charge < -0.3 is 10.6 Å². The molecule has 2 aliphatic rings. The summed E-state index contributed by atoms with van der Waals surface area (Å²) in [4.78, 5) is 8.18. The molecule has 2 fully saturated rings. The summed E-state index contributed by atoms with van der Waals surface area (Å²) in [6, 6.07) is 10.8. The van der Waals surface area contributed by atoms with Crippen LogP contribution in [0.2, 0.25) is 0 Å². The highest BCUT2D eigenvalue weighted by molar-refractivity contribution is 5.80. The van der Waals surface area contributed by atoms with E-state index in [0.717, 1.165) is 32.5 Å². The van der Waals surface area contributed by atoms with Gasteiger partial charge in [0.15, 0.2) is 5.96 Å². The third-order valence-corrected chi connectivity index (χ3v) is 5.42. The molecule has 156 valence electrons. The average molecular weight is 397 g/mol. The van der Waals surface area contributed by atoms with Crippen LogP contribution in [0.3, 0.4) is 0 Å². The number of hydrogen-bond donors (Lipinski definition) is 2. The molecule has 1 unspecified atom stereocenters. The first kappa shape index (κ1) is 20.9. The van der Waals surface area contributed by atoms with E-state index in [1.54, 1.807) is 7.05 Å². The Hall–Kier alpha value is -1.80. The molecule has 0 bridgehead atoms. The molecular weight excluding hydrogens is 367 g/mol. The average Bonchev–Trinajstić information content (AvgIpc) is 3.08. The van der Waals surface area contributed by atoms with E-state index in [0.29, 0.717) is 31.5 Å². The van der Waals surface area contributed by atoms with Gasteiger partial charge in [0.1, 0.15) is 0 Å². The molecule has 0 aliphatic carbocycles. The van der Waals surface area contributed by atoms with Crippen molar-refractivity contribution in [3.8, 4) is 0 Å². The molecular formula is C20H30F3N5. The number of piperidine rings is 1. The van der Waals surface area contributed by atoms with Crippen molar-refractivity contribution in [2.45, 2.75) is 44.1 Å². The molecule has 1 aromatic carbocycles. The quantitative estimate of drug-likeness (QED) is 0.592. The van der Waals surface area contributed by atoms with Gasteiger partial charge in [-0.1, -0.05) is 30.3 Å². The summed E-state index contributed by atoms with van der Waals surface area (Å²) < 4.78 is 37.6. The molecule has 0 radical (unpaired) electrons. The first-order valence-electron chi connectivity index (χ1n) is 9.96. The van der Waals surface area contributed by atoms with E-state index in [1.807, 2.05) is 6.07 Å². The van der Waals surface area contributed by atoms with E-state index in [-0.39, 0.29) is 6.04 Å². The minimum atomic E-state index is -4.14. The van der Waals surface area contributed by atoms with Crippen molar-refractivity contribution in [3.05, 3.63) is 35.9 Å². The standard InChI is InChI=1S/C20H30F3N5/c1-24-19(26-18-9-12-28(14-18)15-20(21,22)23)25-17-7-10-27(11-8-17)13-16-5-3-2-4-6-16/h2-6,17-18H,7-15H2,1H3,(H2,24,25,26). The zero-order chi connectivity index (χ0) is 20.0. The van der Waals surface area contributed by atoms with Crippen molar-refractivity contribution >= 4 is 5.96 Å². The summed E-state index contributed by atoms with van der Waals surface area (Å²) >= 11 is 0. The van der Waals surface area contributed by atoms with Gasteiger partial charge in [-0.15, -0.1) is 0 Å². The van der Waals surface area contributed by atoms with Gasteiger partial charge in [0.2, 0.25) is 0 Å². The smallest absolute Gasteiger partial charge is 0.354 e. The summed E-state index contributed by atoms with van der Waals surface area (Å²) in [6.45, 7) is 3.04. The molecule has 8 heteroatoms. The highest BCUT2D eigenvalue weighted by atomic mass is 19.4. The number of rotatable bonds is 5. The second-order valence-electron chi connectivity index (χ2n) is 7.73. The second-order valence-corrected chi connectivity index (χ2v) is 7.73. The maximum Gasteiger partial charge on any atom is 0.401 e. The van der Waals surface area contributed by atoms with Crippen LogP contribution in [0.15, 0.2) is 35.3 Å². The summed E-state index contributed by atoms with van der Waals surface area (Å²) in [5.41, 5.74) is 1.33. The number of benzene rings is 1. The van der Waals surface area contributed by atoms with Crippen molar-refractivity contribution in [1.82, 2.24) is 20.4 Å². The van der Waals surface area contributed by atoms with Crippen molar-refractivity contribution < 1.29 is 13.2 Å². The molecule has 2 saturated heterocycles. The molecule has 0 aromatic heterocycles. The van der Waals surface area contributed by atoms with Gasteiger partial charge in [0.25, 0.3) is 0 Å². The largest absolute Gasteiger partial charge is 0.401 e. The Balaban J connectivity index is 1.39. The fourth-order valence-electron chi connectivity index (χ4n) is 3.98. The predicted octanol–water partition coefficient (Wildman–Crippen LogP) is 2.45. The number of nitrogens with zero attached hydrogens (tertiary/aromatic N) is 3. The van der Waals surface area contributed by atoms with Crippen LogP contribution >= 0.6 is 0 Å². The summed E-state index contributed by atoms with van der Waals surface area (Å²) in [6.07, 6.45) is -1.38. The number of halogens is 3. The summed E-state index contributed by atoms with van der Waals surface area (Å²) in [5, 5.41) is 6.75. The van der Waals surface area contributed by atoms with Gasteiger partial charge in [0, 0.05) is 51.9 Å². The molecule has 5 nitrogen and oxygen atoms in total. The number of aliphatic imine (C=N–C) groups is 1. The lowest BCUT2D eigenvalue weighted by Crippen LogP contribution is -2.51. The van der Waals surface area contributed by atoms with E-state index in [4.69, 9.17) is 0 Å². The predicted molar refractivity (Wildman–Crippen MR) is 105 cm³/mol. The topological polar surface area (TPSA) is 42.9 Å². The summed E-state index contributed by atoms with van der Waals surface area (Å²) in [7, 11) is 1.71. The van der Waals surface area contributed by atoms with Crippen LogP contribution in [0.25, 0.3) is 0 Å². The zero-order valence-electron chi connectivity index (χ0n) is 16.4. The lowest BCUT2D eigenvalue weighted by molar-refractivity contribution is -0.143. The number of nitrogens with one attached hydrogen (secondary N) is 2. The van der Waals surface area contributed by atoms with E-state index in [2.05, 4.69) is 44.8 Å². The zero-order valence-corrected chi connectivity index (χ0v) is 16.4. The number of alkyl halides is 3. The Morgan fingerprint density at radius 1 is 1.00 bits per heavy atom. The molecule has 2 heterocycles. The van der Waals surface area contributed by atoms with E-state index >= 15 is 0 Å². The van der Waals surface area contributed by atoms with Crippen molar-refractivity contribution in [2.24, 2.45) is 4.99 Å². The van der Waals surface area contributed by atoms with Crippen LogP contribution in [0.5, 0.6) is 0 Å². The molecule has 0 spiro atoms. The van der Waals surface area contributed by atoms with Crippen LogP contribution < -0.4 is 10.6 Å². The van der Waals surface area contributed by atoms with E-state index < -0.39 is 12.7 Å². The fraction of sp³-hybridized carbons (Fsp3) is 0.650. The third-order valence-electron chi connectivity index (χ3n) is 5.42. The van der Waals surface area contributed by atoms with Gasteiger partial charge in [-0.25, -0.2) is 0 Å². The minimum absolute atomic E-state index is 0.00622. The van der Waals surface area contributed by atoms with Crippen LogP contribution in [-0.4, -0.2) is 73.8 Å². The van der Waals surface area contributed by atoms with Gasteiger partial charge in [-0.3, -0.25) is 14.8 Å². The van der Waals surface area contributed by atoms with Gasteiger partial charge in [0.05, 0.1) is 6.54 Å². The Bertz CT molecular complexity index is 626. The molecule has 0 amide bonds. The highest BCUT2D eigenvalue weighted by Gasteiger charge is 2.34. The third kappa shape index (κ3) is 6.67. The van der Waals surface area contributed by atoms with Gasteiger partial charge >= 0.3 is 6.18 Å². The molecule has 1 atom stereocenters. The molecule has 2 N–H and O–H groups in total. The Kier molecular flexibility index (Phi) is 7.18. The Morgan fingerprint density at radius 3 is 2.25 bits per heavy atom. The monoisotopic (exact) mass is 397 g/mol. The van der Waals surface area contributed by atoms with Crippen molar-refractivity contribution in [2.75, 3.05) is 39.8 Å². The lowest BCUT2D eigenvalue weighted by atomic mass is 10.0. The van der Waals surface area contributed by atoms with Gasteiger partial charge in [-0.2, -0.15) is 13.2 Å². The molecule has 3 rings (SSSR count). The maximum absolute atomic E-state index is 12.5. The van der Waals surface area contributed by atoms with E-state index in [9.17, 15) is 13.2 Å². The van der Waals surface area contributed by atoms with Crippen LogP contribution in [0.4, 0.5) is 13.2 Å². The number of guanidine groups is 1. The van der Waals surface area contributed by atoms with Crippen LogP contribution in [-0.2, 0) is 6.54 Å². The molecule has 2 aliphatic heterocycles. The van der Waals surface area contributed by atoms with E-state index in [1.165, 1.54) is 10.5 Å². The van der Waals surface area contributed by atoms with Crippen LogP contribution in [0, 0.1) is 0 Å². The molecule has 0 saturated carbocycles.